The highest BCUT2D eigenvalue weighted by molar-refractivity contribution is 9.10. The van der Waals surface area contributed by atoms with E-state index in [-0.39, 0.29) is 0 Å². The highest BCUT2D eigenvalue weighted by Gasteiger charge is 2.15. The number of aliphatic hydroxyl groups excluding tert-OH is 1. The van der Waals surface area contributed by atoms with Crippen molar-refractivity contribution < 1.29 is 9.84 Å². The van der Waals surface area contributed by atoms with Gasteiger partial charge in [-0.1, -0.05) is 22.0 Å². The lowest BCUT2D eigenvalue weighted by Gasteiger charge is -2.14. The van der Waals surface area contributed by atoms with Crippen molar-refractivity contribution in [3.63, 3.8) is 0 Å². The van der Waals surface area contributed by atoms with Crippen LogP contribution in [-0.2, 0) is 6.42 Å². The molecule has 0 saturated heterocycles. The summed E-state index contributed by atoms with van der Waals surface area (Å²) in [7, 11) is 1.60. The van der Waals surface area contributed by atoms with Crippen LogP contribution in [0.5, 0.6) is 5.75 Å². The molecule has 2 rings (SSSR count). The van der Waals surface area contributed by atoms with Crippen molar-refractivity contribution in [2.24, 2.45) is 0 Å². The Morgan fingerprint density at radius 3 is 2.89 bits per heavy atom. The number of hydrogen-bond acceptors (Lipinski definition) is 4. The Morgan fingerprint density at radius 1 is 1.50 bits per heavy atom. The summed E-state index contributed by atoms with van der Waals surface area (Å²) in [5.74, 6) is 0.684. The van der Waals surface area contributed by atoms with E-state index in [4.69, 9.17) is 4.74 Å². The number of halogens is 1. The highest BCUT2D eigenvalue weighted by Crippen LogP contribution is 2.30. The van der Waals surface area contributed by atoms with Crippen LogP contribution < -0.4 is 4.74 Å². The molecule has 0 aliphatic carbocycles. The van der Waals surface area contributed by atoms with Crippen molar-refractivity contribution in [3.8, 4) is 5.75 Å². The number of rotatable bonds is 4. The molecule has 18 heavy (non-hydrogen) atoms. The number of nitrogens with zero attached hydrogens (tertiary/aromatic N) is 1. The van der Waals surface area contributed by atoms with E-state index in [1.807, 2.05) is 30.5 Å². The normalized spacial score (nSPS) is 12.4. The van der Waals surface area contributed by atoms with Crippen LogP contribution in [0.2, 0.25) is 0 Å². The molecule has 0 saturated carbocycles. The zero-order chi connectivity index (χ0) is 13.1. The minimum Gasteiger partial charge on any atom is -0.496 e. The maximum absolute atomic E-state index is 10.3. The van der Waals surface area contributed by atoms with Crippen molar-refractivity contribution in [2.45, 2.75) is 19.4 Å². The number of benzene rings is 1. The molecule has 1 aromatic heterocycles. The Hall–Kier alpha value is -0.910. The van der Waals surface area contributed by atoms with Gasteiger partial charge >= 0.3 is 0 Å². The summed E-state index contributed by atoms with van der Waals surface area (Å²) >= 11 is 4.98. The second-order valence-corrected chi connectivity index (χ2v) is 5.94. The van der Waals surface area contributed by atoms with E-state index in [9.17, 15) is 5.11 Å². The number of aryl methyl sites for hydroxylation is 1. The van der Waals surface area contributed by atoms with Gasteiger partial charge in [-0.25, -0.2) is 4.98 Å². The first-order valence-electron chi connectivity index (χ1n) is 5.52. The summed E-state index contributed by atoms with van der Waals surface area (Å²) in [5, 5.41) is 13.2. The fourth-order valence-electron chi connectivity index (χ4n) is 1.77. The quantitative estimate of drug-likeness (QED) is 0.934. The molecule has 96 valence electrons. The Bertz CT molecular complexity index is 542. The minimum atomic E-state index is -0.602. The average molecular weight is 328 g/mol. The molecule has 1 unspecified atom stereocenters. The van der Waals surface area contributed by atoms with Gasteiger partial charge in [0.25, 0.3) is 0 Å². The van der Waals surface area contributed by atoms with Crippen molar-refractivity contribution in [1.82, 2.24) is 4.98 Å². The summed E-state index contributed by atoms with van der Waals surface area (Å²) in [6.45, 7) is 1.96. The summed E-state index contributed by atoms with van der Waals surface area (Å²) < 4.78 is 6.21. The number of aliphatic hydroxyl groups is 1. The third kappa shape index (κ3) is 3.10. The molecule has 0 bridgehead atoms. The number of hydrogen-bond donors (Lipinski definition) is 1. The molecule has 1 atom stereocenters. The van der Waals surface area contributed by atoms with Gasteiger partial charge in [-0.2, -0.15) is 0 Å². The fraction of sp³-hybridized carbons (Fsp3) is 0.308. The fourth-order valence-corrected chi connectivity index (χ4v) is 2.74. The molecule has 0 radical (unpaired) electrons. The molecule has 0 spiro atoms. The highest BCUT2D eigenvalue weighted by atomic mass is 79.9. The lowest BCUT2D eigenvalue weighted by Crippen LogP contribution is -2.04. The summed E-state index contributed by atoms with van der Waals surface area (Å²) in [4.78, 5) is 4.36. The first-order valence-corrected chi connectivity index (χ1v) is 7.20. The standard InChI is InChI=1S/C13H14BrNO2S/c1-8-15-10(7-18-8)6-12(16)11-4-3-9(14)5-13(11)17-2/h3-5,7,12,16H,6H2,1-2H3. The Balaban J connectivity index is 2.20. The van der Waals surface area contributed by atoms with E-state index in [0.29, 0.717) is 12.2 Å². The summed E-state index contributed by atoms with van der Waals surface area (Å²) in [6.07, 6.45) is -0.1000. The van der Waals surface area contributed by atoms with Crippen molar-refractivity contribution in [2.75, 3.05) is 7.11 Å². The summed E-state index contributed by atoms with van der Waals surface area (Å²) in [5.41, 5.74) is 1.70. The van der Waals surface area contributed by atoms with Crippen molar-refractivity contribution in [1.29, 1.82) is 0 Å². The Labute approximate surface area is 119 Å². The molecule has 1 heterocycles. The molecule has 0 aliphatic heterocycles. The largest absolute Gasteiger partial charge is 0.496 e. The Kier molecular flexibility index (Phi) is 4.37. The van der Waals surface area contributed by atoms with Gasteiger partial charge in [-0.05, 0) is 19.1 Å². The second kappa shape index (κ2) is 5.82. The van der Waals surface area contributed by atoms with Gasteiger partial charge in [0.15, 0.2) is 0 Å². The van der Waals surface area contributed by atoms with Crippen LogP contribution in [0.1, 0.15) is 22.4 Å². The lowest BCUT2D eigenvalue weighted by atomic mass is 10.0. The second-order valence-electron chi connectivity index (χ2n) is 3.96. The molecule has 0 amide bonds. The van der Waals surface area contributed by atoms with E-state index in [0.717, 1.165) is 20.7 Å². The third-order valence-corrected chi connectivity index (χ3v) is 3.94. The van der Waals surface area contributed by atoms with Gasteiger partial charge in [0, 0.05) is 21.8 Å². The zero-order valence-electron chi connectivity index (χ0n) is 10.2. The molecular formula is C13H14BrNO2S. The van der Waals surface area contributed by atoms with Gasteiger partial charge in [0.2, 0.25) is 0 Å². The predicted molar refractivity (Wildman–Crippen MR) is 76.2 cm³/mol. The van der Waals surface area contributed by atoms with E-state index in [1.54, 1.807) is 18.4 Å². The van der Waals surface area contributed by atoms with Gasteiger partial charge in [-0.15, -0.1) is 11.3 Å². The molecule has 5 heteroatoms. The molecule has 3 nitrogen and oxygen atoms in total. The smallest absolute Gasteiger partial charge is 0.125 e. The van der Waals surface area contributed by atoms with Crippen LogP contribution in [-0.4, -0.2) is 17.2 Å². The molecule has 0 fully saturated rings. The van der Waals surface area contributed by atoms with E-state index in [1.165, 1.54) is 0 Å². The first kappa shape index (κ1) is 13.5. The van der Waals surface area contributed by atoms with Gasteiger partial charge in [0.05, 0.1) is 23.9 Å². The lowest BCUT2D eigenvalue weighted by molar-refractivity contribution is 0.173. The van der Waals surface area contributed by atoms with E-state index in [2.05, 4.69) is 20.9 Å². The Morgan fingerprint density at radius 2 is 2.28 bits per heavy atom. The van der Waals surface area contributed by atoms with Crippen LogP contribution in [0, 0.1) is 6.92 Å². The predicted octanol–water partition coefficient (Wildman–Crippen LogP) is 3.50. The molecular weight excluding hydrogens is 314 g/mol. The topological polar surface area (TPSA) is 42.4 Å². The van der Waals surface area contributed by atoms with E-state index >= 15 is 0 Å². The van der Waals surface area contributed by atoms with Gasteiger partial charge in [-0.3, -0.25) is 0 Å². The van der Waals surface area contributed by atoms with Crippen LogP contribution in [0.3, 0.4) is 0 Å². The van der Waals surface area contributed by atoms with E-state index < -0.39 is 6.10 Å². The van der Waals surface area contributed by atoms with Crippen LogP contribution in [0.15, 0.2) is 28.1 Å². The first-order chi connectivity index (χ1) is 8.60. The van der Waals surface area contributed by atoms with Gasteiger partial charge < -0.3 is 9.84 Å². The number of ether oxygens (including phenoxy) is 1. The van der Waals surface area contributed by atoms with Crippen LogP contribution in [0.25, 0.3) is 0 Å². The van der Waals surface area contributed by atoms with Crippen LogP contribution in [0.4, 0.5) is 0 Å². The summed E-state index contributed by atoms with van der Waals surface area (Å²) in [6, 6.07) is 5.62. The average Bonchev–Trinajstić information content (AvgIpc) is 2.74. The molecule has 0 aliphatic rings. The van der Waals surface area contributed by atoms with Gasteiger partial charge in [0.1, 0.15) is 5.75 Å². The monoisotopic (exact) mass is 327 g/mol. The SMILES string of the molecule is COc1cc(Br)ccc1C(O)Cc1csc(C)n1. The molecule has 1 N–H and O–H groups in total. The maximum Gasteiger partial charge on any atom is 0.125 e. The van der Waals surface area contributed by atoms with Crippen LogP contribution >= 0.6 is 27.3 Å². The van der Waals surface area contributed by atoms with Crippen molar-refractivity contribution in [3.05, 3.63) is 44.3 Å². The minimum absolute atomic E-state index is 0.502. The van der Waals surface area contributed by atoms with Crippen molar-refractivity contribution >= 4 is 27.3 Å². The number of thiazole rings is 1. The number of methoxy groups -OCH3 is 1. The zero-order valence-corrected chi connectivity index (χ0v) is 12.6. The third-order valence-electron chi connectivity index (χ3n) is 2.62. The molecule has 1 aromatic carbocycles. The number of aromatic nitrogens is 1. The maximum atomic E-state index is 10.3. The molecule has 2 aromatic rings.